The summed E-state index contributed by atoms with van der Waals surface area (Å²) < 4.78 is 24.3. The van der Waals surface area contributed by atoms with Gasteiger partial charge >= 0.3 is 0 Å². The Bertz CT molecular complexity index is 1530. The van der Waals surface area contributed by atoms with Gasteiger partial charge in [0.25, 0.3) is 5.91 Å². The molecule has 3 aromatic carbocycles. The number of amides is 1. The van der Waals surface area contributed by atoms with Crippen molar-refractivity contribution in [1.82, 2.24) is 0 Å². The minimum Gasteiger partial charge on any atom is -0.345 e. The van der Waals surface area contributed by atoms with Crippen LogP contribution in [-0.2, 0) is 14.6 Å². The fraction of sp³-hybridized carbons (Fsp3) is 0.192. The van der Waals surface area contributed by atoms with E-state index < -0.39 is 14.6 Å². The fourth-order valence-corrected chi connectivity index (χ4v) is 5.44. The number of carbonyl (C=O) groups excluding carboxylic acids is 1. The Morgan fingerprint density at radius 1 is 0.914 bits per heavy atom. The summed E-state index contributed by atoms with van der Waals surface area (Å²) in [4.78, 5) is 15.5. The second-order valence-corrected chi connectivity index (χ2v) is 13.4. The second-order valence-electron chi connectivity index (χ2n) is 8.83. The maximum absolute atomic E-state index is 13.1. The number of hydrogen-bond donors (Lipinski definition) is 1. The standard InChI is InChI=1S/C26H24Cl2N2O3S2/c1-26(2,35(4,32)33)17-5-10-23-16(11-17)12-24(34-23)25(31)29-20-13-19(28)14-22(15-20)30(3)21-8-6-18(27)7-9-21/h5-15H,1-4H3,(H,29,31). The zero-order chi connectivity index (χ0) is 25.5. The maximum Gasteiger partial charge on any atom is 0.265 e. The first kappa shape index (κ1) is 25.5. The second kappa shape index (κ2) is 9.47. The molecule has 0 unspecified atom stereocenters. The first-order valence-electron chi connectivity index (χ1n) is 10.7. The average Bonchev–Trinajstić information content (AvgIpc) is 3.21. The van der Waals surface area contributed by atoms with E-state index >= 15 is 0 Å². The van der Waals surface area contributed by atoms with Gasteiger partial charge in [-0.15, -0.1) is 11.3 Å². The molecule has 0 fully saturated rings. The zero-order valence-electron chi connectivity index (χ0n) is 19.6. The Morgan fingerprint density at radius 2 is 1.60 bits per heavy atom. The van der Waals surface area contributed by atoms with Crippen molar-refractivity contribution in [3.63, 3.8) is 0 Å². The lowest BCUT2D eigenvalue weighted by atomic mass is 10.0. The van der Waals surface area contributed by atoms with Gasteiger partial charge in [-0.1, -0.05) is 29.3 Å². The molecule has 0 bridgehead atoms. The highest BCUT2D eigenvalue weighted by atomic mass is 35.5. The molecule has 0 saturated heterocycles. The molecule has 0 aliphatic heterocycles. The van der Waals surface area contributed by atoms with E-state index in [4.69, 9.17) is 23.2 Å². The molecule has 1 amide bonds. The fourth-order valence-electron chi connectivity index (χ4n) is 3.59. The van der Waals surface area contributed by atoms with Gasteiger partial charge in [-0.05, 0) is 85.5 Å². The van der Waals surface area contributed by atoms with Crippen LogP contribution in [0.4, 0.5) is 17.1 Å². The van der Waals surface area contributed by atoms with Crippen molar-refractivity contribution >= 4 is 77.4 Å². The van der Waals surface area contributed by atoms with Crippen molar-refractivity contribution < 1.29 is 13.2 Å². The van der Waals surface area contributed by atoms with Gasteiger partial charge in [-0.25, -0.2) is 8.42 Å². The van der Waals surface area contributed by atoms with Crippen LogP contribution in [0.3, 0.4) is 0 Å². The molecule has 1 N–H and O–H groups in total. The van der Waals surface area contributed by atoms with E-state index in [9.17, 15) is 13.2 Å². The van der Waals surface area contributed by atoms with Crippen LogP contribution in [0.2, 0.25) is 10.0 Å². The molecule has 4 rings (SSSR count). The summed E-state index contributed by atoms with van der Waals surface area (Å²) in [6.45, 7) is 3.36. The van der Waals surface area contributed by atoms with Gasteiger partial charge in [0, 0.05) is 45.1 Å². The number of sulfone groups is 1. The van der Waals surface area contributed by atoms with Crippen molar-refractivity contribution in [2.75, 3.05) is 23.5 Å². The van der Waals surface area contributed by atoms with Gasteiger partial charge in [-0.2, -0.15) is 0 Å². The summed E-state index contributed by atoms with van der Waals surface area (Å²) in [7, 11) is -1.41. The van der Waals surface area contributed by atoms with Gasteiger partial charge in [0.1, 0.15) is 0 Å². The molecule has 1 heterocycles. The smallest absolute Gasteiger partial charge is 0.265 e. The predicted octanol–water partition coefficient (Wildman–Crippen LogP) is 7.51. The summed E-state index contributed by atoms with van der Waals surface area (Å²) in [6.07, 6.45) is 1.23. The van der Waals surface area contributed by atoms with Crippen LogP contribution >= 0.6 is 34.5 Å². The maximum atomic E-state index is 13.1. The van der Waals surface area contributed by atoms with Gasteiger partial charge in [-0.3, -0.25) is 4.79 Å². The van der Waals surface area contributed by atoms with Crippen LogP contribution < -0.4 is 10.2 Å². The van der Waals surface area contributed by atoms with E-state index in [0.717, 1.165) is 21.5 Å². The number of hydrogen-bond acceptors (Lipinski definition) is 5. The summed E-state index contributed by atoms with van der Waals surface area (Å²) in [5, 5.41) is 4.89. The zero-order valence-corrected chi connectivity index (χ0v) is 22.7. The third kappa shape index (κ3) is 5.33. The van der Waals surface area contributed by atoms with E-state index in [2.05, 4.69) is 5.32 Å². The quantitative estimate of drug-likeness (QED) is 0.271. The van der Waals surface area contributed by atoms with Crippen LogP contribution in [0.25, 0.3) is 10.1 Å². The monoisotopic (exact) mass is 546 g/mol. The van der Waals surface area contributed by atoms with Gasteiger partial charge in [0.15, 0.2) is 9.84 Å². The molecule has 9 heteroatoms. The molecule has 182 valence electrons. The van der Waals surface area contributed by atoms with Crippen molar-refractivity contribution in [2.24, 2.45) is 0 Å². The van der Waals surface area contributed by atoms with Crippen LogP contribution in [0.15, 0.2) is 66.7 Å². The van der Waals surface area contributed by atoms with Crippen molar-refractivity contribution in [3.05, 3.63) is 87.2 Å². The van der Waals surface area contributed by atoms with E-state index in [1.165, 1.54) is 17.6 Å². The number of thiophene rings is 1. The lowest BCUT2D eigenvalue weighted by Gasteiger charge is -2.23. The Balaban J connectivity index is 1.60. The topological polar surface area (TPSA) is 66.5 Å². The molecule has 0 radical (unpaired) electrons. The number of halogens is 2. The molecule has 5 nitrogen and oxygen atoms in total. The molecule has 0 atom stereocenters. The summed E-state index contributed by atoms with van der Waals surface area (Å²) in [5.74, 6) is -0.266. The summed E-state index contributed by atoms with van der Waals surface area (Å²) in [6, 6.07) is 20.1. The number of rotatable bonds is 6. The van der Waals surface area contributed by atoms with E-state index in [-0.39, 0.29) is 5.91 Å². The highest BCUT2D eigenvalue weighted by molar-refractivity contribution is 7.91. The average molecular weight is 548 g/mol. The molecule has 0 spiro atoms. The molecule has 4 aromatic rings. The Kier molecular flexibility index (Phi) is 6.90. The third-order valence-electron chi connectivity index (χ3n) is 6.10. The van der Waals surface area contributed by atoms with Gasteiger partial charge in [0.05, 0.1) is 9.62 Å². The summed E-state index contributed by atoms with van der Waals surface area (Å²) in [5.41, 5.74) is 2.97. The Labute approximate surface area is 219 Å². The van der Waals surface area contributed by atoms with Crippen LogP contribution in [0.5, 0.6) is 0 Å². The number of benzene rings is 3. The molecule has 1 aromatic heterocycles. The Hall–Kier alpha value is -2.58. The minimum atomic E-state index is -3.31. The van der Waals surface area contributed by atoms with Crippen molar-refractivity contribution in [3.8, 4) is 0 Å². The number of fused-ring (bicyclic) bond motifs is 1. The van der Waals surface area contributed by atoms with Gasteiger partial charge < -0.3 is 10.2 Å². The number of anilines is 3. The largest absolute Gasteiger partial charge is 0.345 e. The minimum absolute atomic E-state index is 0.266. The van der Waals surface area contributed by atoms with Crippen LogP contribution in [0, 0.1) is 0 Å². The van der Waals surface area contributed by atoms with E-state index in [0.29, 0.717) is 26.2 Å². The Morgan fingerprint density at radius 3 is 2.26 bits per heavy atom. The SMILES string of the molecule is CN(c1ccc(Cl)cc1)c1cc(Cl)cc(NC(=O)c2cc3cc(C(C)(C)S(C)(=O)=O)ccc3s2)c1. The lowest BCUT2D eigenvalue weighted by molar-refractivity contribution is 0.103. The number of nitrogens with zero attached hydrogens (tertiary/aromatic N) is 1. The molecular weight excluding hydrogens is 523 g/mol. The molecule has 0 aliphatic rings. The highest BCUT2D eigenvalue weighted by Crippen LogP contribution is 2.35. The highest BCUT2D eigenvalue weighted by Gasteiger charge is 2.32. The van der Waals surface area contributed by atoms with Crippen LogP contribution in [-0.4, -0.2) is 27.6 Å². The predicted molar refractivity (Wildman–Crippen MR) is 149 cm³/mol. The van der Waals surface area contributed by atoms with E-state index in [1.54, 1.807) is 32.0 Å². The first-order chi connectivity index (χ1) is 16.3. The van der Waals surface area contributed by atoms with E-state index in [1.807, 2.05) is 60.5 Å². The van der Waals surface area contributed by atoms with Crippen molar-refractivity contribution in [2.45, 2.75) is 18.6 Å². The molecule has 0 aliphatic carbocycles. The lowest BCUT2D eigenvalue weighted by Crippen LogP contribution is -2.27. The number of nitrogens with one attached hydrogen (secondary N) is 1. The molecule has 0 saturated carbocycles. The van der Waals surface area contributed by atoms with Crippen LogP contribution in [0.1, 0.15) is 29.1 Å². The number of carbonyl (C=O) groups is 1. The van der Waals surface area contributed by atoms with Crippen molar-refractivity contribution in [1.29, 1.82) is 0 Å². The normalized spacial score (nSPS) is 12.1. The van der Waals surface area contributed by atoms with Gasteiger partial charge in [0.2, 0.25) is 0 Å². The third-order valence-corrected chi connectivity index (χ3v) is 9.78. The first-order valence-corrected chi connectivity index (χ1v) is 14.2. The molecule has 35 heavy (non-hydrogen) atoms. The molecular formula is C26H24Cl2N2O3S2. The summed E-state index contributed by atoms with van der Waals surface area (Å²) >= 11 is 13.7.